The number of halogens is 1. The maximum Gasteiger partial charge on any atom is 0.123 e. The molecule has 0 aliphatic heterocycles. The van der Waals surface area contributed by atoms with Crippen molar-refractivity contribution in [3.8, 4) is 0 Å². The van der Waals surface area contributed by atoms with Crippen LogP contribution in [-0.4, -0.2) is 12.1 Å². The fourth-order valence-corrected chi connectivity index (χ4v) is 1.34. The highest BCUT2D eigenvalue weighted by atomic mass is 19.1. The lowest BCUT2D eigenvalue weighted by molar-refractivity contribution is 0.465. The summed E-state index contributed by atoms with van der Waals surface area (Å²) in [4.78, 5) is 0. The molecular formula is C12H19FN2. The minimum atomic E-state index is -0.205. The Balaban J connectivity index is 2.23. The van der Waals surface area contributed by atoms with Gasteiger partial charge in [0.2, 0.25) is 0 Å². The Morgan fingerprint density at radius 1 is 1.27 bits per heavy atom. The van der Waals surface area contributed by atoms with Crippen molar-refractivity contribution in [1.29, 1.82) is 0 Å². The van der Waals surface area contributed by atoms with Crippen LogP contribution in [0.3, 0.4) is 0 Å². The monoisotopic (exact) mass is 210 g/mol. The predicted octanol–water partition coefficient (Wildman–Crippen LogP) is 2.76. The van der Waals surface area contributed by atoms with Crippen molar-refractivity contribution in [2.45, 2.75) is 32.2 Å². The van der Waals surface area contributed by atoms with Gasteiger partial charge < -0.3 is 11.1 Å². The first-order chi connectivity index (χ1) is 6.97. The normalized spacial score (nSPS) is 11.5. The van der Waals surface area contributed by atoms with Crippen molar-refractivity contribution in [3.05, 3.63) is 30.1 Å². The van der Waals surface area contributed by atoms with Gasteiger partial charge in [0.15, 0.2) is 0 Å². The first-order valence-corrected chi connectivity index (χ1v) is 5.26. The number of hydrogen-bond acceptors (Lipinski definition) is 2. The van der Waals surface area contributed by atoms with Crippen LogP contribution < -0.4 is 11.1 Å². The summed E-state index contributed by atoms with van der Waals surface area (Å²) in [5.74, 6) is -0.205. The minimum absolute atomic E-state index is 0.107. The number of benzene rings is 1. The molecule has 2 nitrogen and oxygen atoms in total. The molecule has 0 saturated carbocycles. The summed E-state index contributed by atoms with van der Waals surface area (Å²) in [5.41, 5.74) is 6.70. The van der Waals surface area contributed by atoms with E-state index in [0.717, 1.165) is 25.1 Å². The molecule has 0 aliphatic carbocycles. The van der Waals surface area contributed by atoms with Crippen molar-refractivity contribution in [2.24, 2.45) is 5.73 Å². The van der Waals surface area contributed by atoms with E-state index in [1.807, 2.05) is 13.8 Å². The molecule has 0 saturated heterocycles. The second-order valence-corrected chi connectivity index (χ2v) is 4.53. The van der Waals surface area contributed by atoms with Crippen molar-refractivity contribution in [1.82, 2.24) is 0 Å². The molecule has 0 aromatic heterocycles. The van der Waals surface area contributed by atoms with E-state index in [9.17, 15) is 4.39 Å². The zero-order valence-corrected chi connectivity index (χ0v) is 9.39. The summed E-state index contributed by atoms with van der Waals surface area (Å²) in [6.07, 6.45) is 1.99. The number of nitrogens with one attached hydrogen (secondary N) is 1. The maximum absolute atomic E-state index is 12.6. The summed E-state index contributed by atoms with van der Waals surface area (Å²) in [7, 11) is 0. The Morgan fingerprint density at radius 3 is 2.40 bits per heavy atom. The molecular weight excluding hydrogens is 191 g/mol. The van der Waals surface area contributed by atoms with Crippen LogP contribution in [0.1, 0.15) is 26.7 Å². The van der Waals surface area contributed by atoms with E-state index in [4.69, 9.17) is 5.73 Å². The van der Waals surface area contributed by atoms with Gasteiger partial charge in [-0.3, -0.25) is 0 Å². The molecule has 0 unspecified atom stereocenters. The number of hydrogen-bond donors (Lipinski definition) is 2. The third-order valence-electron chi connectivity index (χ3n) is 2.17. The number of nitrogens with two attached hydrogens (primary N) is 1. The highest BCUT2D eigenvalue weighted by molar-refractivity contribution is 5.42. The smallest absolute Gasteiger partial charge is 0.123 e. The molecule has 0 heterocycles. The Bertz CT molecular complexity index is 287. The lowest BCUT2D eigenvalue weighted by Crippen LogP contribution is -2.32. The van der Waals surface area contributed by atoms with Gasteiger partial charge in [-0.25, -0.2) is 4.39 Å². The van der Waals surface area contributed by atoms with Crippen LogP contribution in [-0.2, 0) is 0 Å². The van der Waals surface area contributed by atoms with E-state index in [-0.39, 0.29) is 11.4 Å². The second-order valence-electron chi connectivity index (χ2n) is 4.53. The molecule has 15 heavy (non-hydrogen) atoms. The van der Waals surface area contributed by atoms with E-state index in [2.05, 4.69) is 5.32 Å². The third kappa shape index (κ3) is 5.37. The molecule has 3 N–H and O–H groups in total. The lowest BCUT2D eigenvalue weighted by Gasteiger charge is -2.18. The maximum atomic E-state index is 12.6. The molecule has 1 rings (SSSR count). The Labute approximate surface area is 90.7 Å². The SMILES string of the molecule is CC(C)(N)CCCNc1ccc(F)cc1. The van der Waals surface area contributed by atoms with Crippen LogP contribution in [0.15, 0.2) is 24.3 Å². The van der Waals surface area contributed by atoms with Gasteiger partial charge in [0.05, 0.1) is 0 Å². The topological polar surface area (TPSA) is 38.0 Å². The lowest BCUT2D eigenvalue weighted by atomic mass is 10.0. The van der Waals surface area contributed by atoms with Gasteiger partial charge in [0.1, 0.15) is 5.82 Å². The highest BCUT2D eigenvalue weighted by Gasteiger charge is 2.08. The quantitative estimate of drug-likeness (QED) is 0.733. The van der Waals surface area contributed by atoms with Crippen molar-refractivity contribution in [2.75, 3.05) is 11.9 Å². The van der Waals surface area contributed by atoms with E-state index in [1.165, 1.54) is 12.1 Å². The summed E-state index contributed by atoms with van der Waals surface area (Å²) in [5, 5.41) is 3.22. The molecule has 1 aromatic rings. The second kappa shape index (κ2) is 5.12. The van der Waals surface area contributed by atoms with E-state index < -0.39 is 0 Å². The van der Waals surface area contributed by atoms with Gasteiger partial charge in [-0.1, -0.05) is 0 Å². The minimum Gasteiger partial charge on any atom is -0.385 e. The summed E-state index contributed by atoms with van der Waals surface area (Å²) >= 11 is 0. The standard InChI is InChI=1S/C12H19FN2/c1-12(2,14)8-3-9-15-11-6-4-10(13)5-7-11/h4-7,15H,3,8-9,14H2,1-2H3. The molecule has 0 radical (unpaired) electrons. The number of anilines is 1. The van der Waals surface area contributed by atoms with E-state index in [0.29, 0.717) is 0 Å². The Morgan fingerprint density at radius 2 is 1.87 bits per heavy atom. The Hall–Kier alpha value is -1.09. The zero-order valence-electron chi connectivity index (χ0n) is 9.39. The third-order valence-corrected chi connectivity index (χ3v) is 2.17. The summed E-state index contributed by atoms with van der Waals surface area (Å²) < 4.78 is 12.6. The van der Waals surface area contributed by atoms with Crippen LogP contribution in [0.25, 0.3) is 0 Å². The van der Waals surface area contributed by atoms with Crippen LogP contribution in [0, 0.1) is 5.82 Å². The fraction of sp³-hybridized carbons (Fsp3) is 0.500. The highest BCUT2D eigenvalue weighted by Crippen LogP contribution is 2.10. The van der Waals surface area contributed by atoms with Gasteiger partial charge in [-0.05, 0) is 51.0 Å². The first kappa shape index (κ1) is 12.0. The van der Waals surface area contributed by atoms with Gasteiger partial charge in [0.25, 0.3) is 0 Å². The molecule has 3 heteroatoms. The molecule has 0 spiro atoms. The largest absolute Gasteiger partial charge is 0.385 e. The van der Waals surface area contributed by atoms with Gasteiger partial charge in [-0.2, -0.15) is 0 Å². The van der Waals surface area contributed by atoms with Crippen molar-refractivity contribution < 1.29 is 4.39 Å². The fourth-order valence-electron chi connectivity index (χ4n) is 1.34. The van der Waals surface area contributed by atoms with Crippen LogP contribution >= 0.6 is 0 Å². The Kier molecular flexibility index (Phi) is 4.09. The summed E-state index contributed by atoms with van der Waals surface area (Å²) in [6, 6.07) is 6.39. The molecule has 1 aromatic carbocycles. The van der Waals surface area contributed by atoms with Crippen LogP contribution in [0.4, 0.5) is 10.1 Å². The molecule has 0 bridgehead atoms. The average molecular weight is 210 g/mol. The van der Waals surface area contributed by atoms with Crippen molar-refractivity contribution >= 4 is 5.69 Å². The summed E-state index contributed by atoms with van der Waals surface area (Å²) in [6.45, 7) is 4.90. The molecule has 0 atom stereocenters. The van der Waals surface area contributed by atoms with Crippen LogP contribution in [0.5, 0.6) is 0 Å². The zero-order chi connectivity index (χ0) is 11.3. The molecule has 0 amide bonds. The molecule has 0 fully saturated rings. The van der Waals surface area contributed by atoms with E-state index in [1.54, 1.807) is 12.1 Å². The van der Waals surface area contributed by atoms with Crippen molar-refractivity contribution in [3.63, 3.8) is 0 Å². The number of rotatable bonds is 5. The van der Waals surface area contributed by atoms with Gasteiger partial charge in [-0.15, -0.1) is 0 Å². The predicted molar refractivity (Wildman–Crippen MR) is 62.4 cm³/mol. The van der Waals surface area contributed by atoms with Crippen LogP contribution in [0.2, 0.25) is 0 Å². The molecule has 0 aliphatic rings. The average Bonchev–Trinajstić information content (AvgIpc) is 2.14. The van der Waals surface area contributed by atoms with Gasteiger partial charge in [0, 0.05) is 17.8 Å². The van der Waals surface area contributed by atoms with E-state index >= 15 is 0 Å². The van der Waals surface area contributed by atoms with Gasteiger partial charge >= 0.3 is 0 Å². The first-order valence-electron chi connectivity index (χ1n) is 5.26. The molecule has 84 valence electrons.